The molecule has 0 aliphatic carbocycles. The minimum atomic E-state index is -1.07. The van der Waals surface area contributed by atoms with E-state index in [2.05, 4.69) is 16.3 Å². The summed E-state index contributed by atoms with van der Waals surface area (Å²) in [6.45, 7) is 1.91. The highest BCUT2D eigenvalue weighted by Gasteiger charge is 2.32. The van der Waals surface area contributed by atoms with Gasteiger partial charge in [-0.25, -0.2) is 0 Å². The second-order valence-corrected chi connectivity index (χ2v) is 8.26. The third-order valence-corrected chi connectivity index (χ3v) is 5.64. The number of hydrogen-bond acceptors (Lipinski definition) is 4. The number of aromatic nitrogens is 3. The van der Waals surface area contributed by atoms with E-state index in [0.29, 0.717) is 32.2 Å². The molecule has 4 aromatic rings. The van der Waals surface area contributed by atoms with Crippen molar-refractivity contribution in [3.05, 3.63) is 81.8 Å². The van der Waals surface area contributed by atoms with E-state index in [9.17, 15) is 10.1 Å². The number of primary amides is 1. The standard InChI is InChI=1S/C23H17Cl2N5O/c1-23(12-26,13-30-28-20-11-16(24)10-19(25)21(20)29-30)18-9-15(22(27)31)7-8-17(18)14-5-3-2-4-6-14/h2-11H,13H2,1H3,(H2,27,31). The molecule has 31 heavy (non-hydrogen) atoms. The molecule has 1 unspecified atom stereocenters. The first-order chi connectivity index (χ1) is 14.8. The Hall–Kier alpha value is -3.40. The van der Waals surface area contributed by atoms with Crippen molar-refractivity contribution in [2.45, 2.75) is 18.9 Å². The Bertz CT molecular complexity index is 1340. The second kappa shape index (κ2) is 8.03. The molecule has 0 spiro atoms. The lowest BCUT2D eigenvalue weighted by Gasteiger charge is -2.25. The van der Waals surface area contributed by atoms with Gasteiger partial charge in [-0.3, -0.25) is 4.79 Å². The Morgan fingerprint density at radius 3 is 2.55 bits per heavy atom. The van der Waals surface area contributed by atoms with E-state index in [-0.39, 0.29) is 6.54 Å². The summed E-state index contributed by atoms with van der Waals surface area (Å²) < 4.78 is 0. The summed E-state index contributed by atoms with van der Waals surface area (Å²) >= 11 is 12.3. The number of fused-ring (bicyclic) bond motifs is 1. The van der Waals surface area contributed by atoms with E-state index in [0.717, 1.165) is 11.1 Å². The van der Waals surface area contributed by atoms with Gasteiger partial charge in [0.05, 0.1) is 17.6 Å². The van der Waals surface area contributed by atoms with Gasteiger partial charge in [-0.1, -0.05) is 59.6 Å². The number of carbonyl (C=O) groups is 1. The fourth-order valence-electron chi connectivity index (χ4n) is 3.55. The zero-order chi connectivity index (χ0) is 22.2. The summed E-state index contributed by atoms with van der Waals surface area (Å²) in [4.78, 5) is 13.3. The third kappa shape index (κ3) is 3.98. The van der Waals surface area contributed by atoms with Crippen LogP contribution < -0.4 is 5.73 Å². The SMILES string of the molecule is CC(C#N)(Cn1nc2cc(Cl)cc(Cl)c2n1)c1cc(C(N)=O)ccc1-c1ccccc1. The largest absolute Gasteiger partial charge is 0.366 e. The molecule has 0 saturated carbocycles. The normalized spacial score (nSPS) is 13.0. The number of rotatable bonds is 5. The number of benzene rings is 3. The Morgan fingerprint density at radius 1 is 1.13 bits per heavy atom. The molecule has 6 nitrogen and oxygen atoms in total. The van der Waals surface area contributed by atoms with Crippen LogP contribution in [-0.4, -0.2) is 20.9 Å². The number of hydrogen-bond donors (Lipinski definition) is 1. The van der Waals surface area contributed by atoms with Crippen LogP contribution in [0.25, 0.3) is 22.2 Å². The van der Waals surface area contributed by atoms with Gasteiger partial charge in [-0.15, -0.1) is 0 Å². The number of carbonyl (C=O) groups excluding carboxylic acids is 1. The molecule has 0 radical (unpaired) electrons. The van der Waals surface area contributed by atoms with Crippen molar-refractivity contribution in [1.82, 2.24) is 15.0 Å². The lowest BCUT2D eigenvalue weighted by molar-refractivity contribution is 0.1000. The molecular weight excluding hydrogens is 433 g/mol. The van der Waals surface area contributed by atoms with Crippen LogP contribution >= 0.6 is 23.2 Å². The zero-order valence-corrected chi connectivity index (χ0v) is 18.0. The van der Waals surface area contributed by atoms with Gasteiger partial charge in [0, 0.05) is 10.6 Å². The van der Waals surface area contributed by atoms with E-state index in [1.807, 2.05) is 36.4 Å². The third-order valence-electron chi connectivity index (χ3n) is 5.13. The van der Waals surface area contributed by atoms with Gasteiger partial charge in [0.15, 0.2) is 0 Å². The summed E-state index contributed by atoms with van der Waals surface area (Å²) in [5, 5.41) is 19.9. The van der Waals surface area contributed by atoms with Crippen molar-refractivity contribution in [3.63, 3.8) is 0 Å². The number of nitrogens with zero attached hydrogens (tertiary/aromatic N) is 4. The molecule has 1 amide bonds. The Labute approximate surface area is 188 Å². The van der Waals surface area contributed by atoms with Gasteiger partial charge in [0.25, 0.3) is 0 Å². The van der Waals surface area contributed by atoms with Crippen LogP contribution in [0.3, 0.4) is 0 Å². The molecule has 4 rings (SSSR count). The van der Waals surface area contributed by atoms with Crippen LogP contribution in [-0.2, 0) is 12.0 Å². The van der Waals surface area contributed by atoms with Crippen molar-refractivity contribution >= 4 is 40.1 Å². The molecule has 1 heterocycles. The summed E-state index contributed by atoms with van der Waals surface area (Å²) in [5.41, 5.74) is 8.20. The molecule has 0 saturated heterocycles. The van der Waals surface area contributed by atoms with Gasteiger partial charge in [-0.05, 0) is 47.9 Å². The quantitative estimate of drug-likeness (QED) is 0.464. The van der Waals surface area contributed by atoms with Gasteiger partial charge in [0.1, 0.15) is 16.4 Å². The molecule has 3 aromatic carbocycles. The topological polar surface area (TPSA) is 97.6 Å². The summed E-state index contributed by atoms with van der Waals surface area (Å²) in [7, 11) is 0. The summed E-state index contributed by atoms with van der Waals surface area (Å²) in [6.07, 6.45) is 0. The van der Waals surface area contributed by atoms with Gasteiger partial charge < -0.3 is 5.73 Å². The van der Waals surface area contributed by atoms with Crippen LogP contribution in [0.2, 0.25) is 10.0 Å². The fourth-order valence-corrected chi connectivity index (χ4v) is 4.07. The number of amides is 1. The Kier molecular flexibility index (Phi) is 5.40. The minimum absolute atomic E-state index is 0.133. The van der Waals surface area contributed by atoms with Crippen LogP contribution in [0.1, 0.15) is 22.8 Å². The Morgan fingerprint density at radius 2 is 1.87 bits per heavy atom. The average Bonchev–Trinajstić information content (AvgIpc) is 3.16. The van der Waals surface area contributed by atoms with E-state index in [1.54, 1.807) is 31.2 Å². The summed E-state index contributed by atoms with van der Waals surface area (Å²) in [5.74, 6) is -0.564. The van der Waals surface area contributed by atoms with Crippen molar-refractivity contribution < 1.29 is 4.79 Å². The molecule has 0 bridgehead atoms. The number of nitriles is 1. The van der Waals surface area contributed by atoms with Gasteiger partial charge >= 0.3 is 0 Å². The van der Waals surface area contributed by atoms with E-state index in [1.165, 1.54) is 4.80 Å². The molecule has 0 fully saturated rings. The van der Waals surface area contributed by atoms with Crippen molar-refractivity contribution in [3.8, 4) is 17.2 Å². The Balaban J connectivity index is 1.86. The zero-order valence-electron chi connectivity index (χ0n) is 16.5. The predicted molar refractivity (Wildman–Crippen MR) is 121 cm³/mol. The monoisotopic (exact) mass is 449 g/mol. The van der Waals surface area contributed by atoms with Crippen molar-refractivity contribution in [2.75, 3.05) is 0 Å². The van der Waals surface area contributed by atoms with E-state index >= 15 is 0 Å². The first kappa shape index (κ1) is 20.9. The summed E-state index contributed by atoms with van der Waals surface area (Å²) in [6, 6.07) is 20.4. The van der Waals surface area contributed by atoms with Crippen LogP contribution in [0.15, 0.2) is 60.7 Å². The van der Waals surface area contributed by atoms with Crippen molar-refractivity contribution in [2.24, 2.45) is 5.73 Å². The fraction of sp³-hybridized carbons (Fsp3) is 0.130. The lowest BCUT2D eigenvalue weighted by Crippen LogP contribution is -2.29. The molecule has 2 N–H and O–H groups in total. The molecule has 0 aliphatic rings. The van der Waals surface area contributed by atoms with Gasteiger partial charge in [-0.2, -0.15) is 20.3 Å². The first-order valence-corrected chi connectivity index (χ1v) is 10.2. The maximum Gasteiger partial charge on any atom is 0.248 e. The van der Waals surface area contributed by atoms with Gasteiger partial charge in [0.2, 0.25) is 5.91 Å². The van der Waals surface area contributed by atoms with Crippen molar-refractivity contribution in [1.29, 1.82) is 5.26 Å². The minimum Gasteiger partial charge on any atom is -0.366 e. The highest BCUT2D eigenvalue weighted by Crippen LogP contribution is 2.35. The highest BCUT2D eigenvalue weighted by atomic mass is 35.5. The van der Waals surface area contributed by atoms with Crippen LogP contribution in [0.4, 0.5) is 0 Å². The molecule has 154 valence electrons. The maximum atomic E-state index is 11.8. The predicted octanol–water partition coefficient (Wildman–Crippen LogP) is 4.99. The van der Waals surface area contributed by atoms with Crippen LogP contribution in [0.5, 0.6) is 0 Å². The number of nitrogens with two attached hydrogens (primary N) is 1. The smallest absolute Gasteiger partial charge is 0.248 e. The van der Waals surface area contributed by atoms with E-state index in [4.69, 9.17) is 28.9 Å². The molecular formula is C23H17Cl2N5O. The molecule has 0 aliphatic heterocycles. The average molecular weight is 450 g/mol. The molecule has 1 atom stereocenters. The van der Waals surface area contributed by atoms with E-state index < -0.39 is 11.3 Å². The maximum absolute atomic E-state index is 11.8. The lowest BCUT2D eigenvalue weighted by atomic mass is 9.78. The highest BCUT2D eigenvalue weighted by molar-refractivity contribution is 6.38. The number of halogens is 2. The second-order valence-electron chi connectivity index (χ2n) is 7.42. The van der Waals surface area contributed by atoms with Crippen LogP contribution in [0, 0.1) is 11.3 Å². The molecule has 8 heteroatoms. The molecule has 1 aromatic heterocycles. The first-order valence-electron chi connectivity index (χ1n) is 9.41.